The van der Waals surface area contributed by atoms with E-state index in [2.05, 4.69) is 62.6 Å². The number of benzene rings is 2. The monoisotopic (exact) mass is 441 g/mol. The van der Waals surface area contributed by atoms with Crippen molar-refractivity contribution in [3.8, 4) is 22.5 Å². The van der Waals surface area contributed by atoms with Crippen LogP contribution in [0.5, 0.6) is 0 Å². The van der Waals surface area contributed by atoms with E-state index in [9.17, 15) is 0 Å². The number of aryl methyl sites for hydroxylation is 1. The lowest BCUT2D eigenvalue weighted by Crippen LogP contribution is -2.14. The highest BCUT2D eigenvalue weighted by Gasteiger charge is 2.22. The van der Waals surface area contributed by atoms with Gasteiger partial charge in [0, 0.05) is 17.9 Å². The zero-order chi connectivity index (χ0) is 22.5. The van der Waals surface area contributed by atoms with E-state index >= 15 is 0 Å². The van der Waals surface area contributed by atoms with Crippen molar-refractivity contribution < 1.29 is 0 Å². The summed E-state index contributed by atoms with van der Waals surface area (Å²) in [4.78, 5) is 5.00. The van der Waals surface area contributed by atoms with Gasteiger partial charge in [-0.2, -0.15) is 10.3 Å². The van der Waals surface area contributed by atoms with Crippen LogP contribution >= 0.6 is 0 Å². The molecule has 0 spiro atoms. The van der Waals surface area contributed by atoms with Gasteiger partial charge in [-0.15, -0.1) is 10.2 Å². The average Bonchev–Trinajstić information content (AvgIpc) is 3.54. The summed E-state index contributed by atoms with van der Waals surface area (Å²) in [5.74, 6) is 3.34. The fourth-order valence-corrected chi connectivity index (χ4v) is 4.79. The molecule has 0 radical (unpaired) electrons. The number of nitrogens with one attached hydrogen (secondary N) is 1. The number of tetrazole rings is 1. The smallest absolute Gasteiger partial charge is 0.205 e. The fourth-order valence-electron chi connectivity index (χ4n) is 4.79. The molecule has 1 aliphatic rings. The van der Waals surface area contributed by atoms with Crippen molar-refractivity contribution >= 4 is 0 Å². The summed E-state index contributed by atoms with van der Waals surface area (Å²) < 4.78 is 2.17. The minimum Gasteiger partial charge on any atom is -0.245 e. The van der Waals surface area contributed by atoms with E-state index in [0.29, 0.717) is 11.7 Å². The molecule has 2 heterocycles. The van der Waals surface area contributed by atoms with Crippen molar-refractivity contribution in [2.75, 3.05) is 0 Å². The Morgan fingerprint density at radius 2 is 1.76 bits per heavy atom. The fraction of sp³-hybridized carbons (Fsp3) is 0.423. The summed E-state index contributed by atoms with van der Waals surface area (Å²) >= 11 is 0. The Morgan fingerprint density at radius 3 is 2.48 bits per heavy atom. The van der Waals surface area contributed by atoms with Crippen LogP contribution < -0.4 is 0 Å². The van der Waals surface area contributed by atoms with Gasteiger partial charge in [0.15, 0.2) is 5.82 Å². The topological polar surface area (TPSA) is 85.2 Å². The second-order valence-corrected chi connectivity index (χ2v) is 8.96. The van der Waals surface area contributed by atoms with E-state index in [1.807, 2.05) is 18.2 Å². The first-order valence-electron chi connectivity index (χ1n) is 12.2. The van der Waals surface area contributed by atoms with Crippen LogP contribution in [0.1, 0.15) is 75.0 Å². The van der Waals surface area contributed by atoms with Crippen molar-refractivity contribution in [2.24, 2.45) is 0 Å². The Hall–Kier alpha value is -3.35. The number of hydrogen-bond donors (Lipinski definition) is 1. The predicted molar refractivity (Wildman–Crippen MR) is 129 cm³/mol. The molecule has 0 saturated heterocycles. The third-order valence-electron chi connectivity index (χ3n) is 6.58. The van der Waals surface area contributed by atoms with Crippen LogP contribution in [0.2, 0.25) is 0 Å². The quantitative estimate of drug-likeness (QED) is 0.387. The van der Waals surface area contributed by atoms with Gasteiger partial charge in [0.1, 0.15) is 5.82 Å². The van der Waals surface area contributed by atoms with Gasteiger partial charge in [-0.1, -0.05) is 81.1 Å². The van der Waals surface area contributed by atoms with E-state index < -0.39 is 0 Å². The molecule has 1 N–H and O–H groups in total. The highest BCUT2D eigenvalue weighted by molar-refractivity contribution is 5.80. The van der Waals surface area contributed by atoms with Gasteiger partial charge in [-0.3, -0.25) is 0 Å². The van der Waals surface area contributed by atoms with Crippen LogP contribution in [-0.4, -0.2) is 35.4 Å². The van der Waals surface area contributed by atoms with Crippen molar-refractivity contribution in [3.63, 3.8) is 0 Å². The number of nitrogens with zero attached hydrogens (tertiary/aromatic N) is 6. The first kappa shape index (κ1) is 21.5. The molecule has 0 bridgehead atoms. The molecule has 33 heavy (non-hydrogen) atoms. The van der Waals surface area contributed by atoms with Crippen LogP contribution in [0.3, 0.4) is 0 Å². The van der Waals surface area contributed by atoms with E-state index in [0.717, 1.165) is 41.9 Å². The number of rotatable bonds is 8. The molecule has 2 aromatic heterocycles. The number of H-pyrrole nitrogens is 1. The highest BCUT2D eigenvalue weighted by Crippen LogP contribution is 2.33. The number of aromatic amines is 1. The van der Waals surface area contributed by atoms with Crippen LogP contribution in [0.25, 0.3) is 22.5 Å². The molecule has 7 heteroatoms. The molecule has 0 atom stereocenters. The van der Waals surface area contributed by atoms with E-state index in [1.165, 1.54) is 49.9 Å². The normalized spacial score (nSPS) is 14.6. The molecule has 1 saturated carbocycles. The molecule has 170 valence electrons. The zero-order valence-electron chi connectivity index (χ0n) is 19.2. The van der Waals surface area contributed by atoms with Gasteiger partial charge in [0.2, 0.25) is 5.82 Å². The van der Waals surface area contributed by atoms with Gasteiger partial charge in [0.25, 0.3) is 0 Å². The van der Waals surface area contributed by atoms with Gasteiger partial charge in [-0.25, -0.2) is 9.67 Å². The molecule has 7 nitrogen and oxygen atoms in total. The maximum atomic E-state index is 5.00. The highest BCUT2D eigenvalue weighted by atomic mass is 15.5. The SMILES string of the molecule is CCCCc1nc(C2CCCCC2)n(Cc2ccc(-c3ccccc3-c3nn[nH]n3)cc2)n1. The molecule has 1 fully saturated rings. The Labute approximate surface area is 194 Å². The maximum Gasteiger partial charge on any atom is 0.205 e. The zero-order valence-corrected chi connectivity index (χ0v) is 19.2. The van der Waals surface area contributed by atoms with E-state index in [1.54, 1.807) is 0 Å². The average molecular weight is 442 g/mol. The Bertz CT molecular complexity index is 1160. The summed E-state index contributed by atoms with van der Waals surface area (Å²) in [5.41, 5.74) is 4.43. The van der Waals surface area contributed by atoms with Crippen LogP contribution in [0.15, 0.2) is 48.5 Å². The minimum atomic E-state index is 0.544. The third kappa shape index (κ3) is 4.87. The van der Waals surface area contributed by atoms with Crippen molar-refractivity contribution in [1.82, 2.24) is 35.4 Å². The molecular formula is C26H31N7. The molecule has 1 aliphatic carbocycles. The second kappa shape index (κ2) is 10.1. The minimum absolute atomic E-state index is 0.544. The third-order valence-corrected chi connectivity index (χ3v) is 6.58. The standard InChI is InChI=1S/C26H31N7/c1-2-3-13-24-27-26(21-9-5-4-6-10-21)33(30-24)18-19-14-16-20(17-15-19)22-11-7-8-12-23(22)25-28-31-32-29-25/h7-8,11-12,14-17,21H,2-6,9-10,13,18H2,1H3,(H,28,29,31,32). The van der Waals surface area contributed by atoms with E-state index in [4.69, 9.17) is 10.1 Å². The molecule has 0 aliphatic heterocycles. The molecule has 0 amide bonds. The van der Waals surface area contributed by atoms with Gasteiger partial charge >= 0.3 is 0 Å². The molecule has 4 aromatic rings. The number of hydrogen-bond acceptors (Lipinski definition) is 5. The van der Waals surface area contributed by atoms with Crippen molar-refractivity contribution in [2.45, 2.75) is 70.8 Å². The van der Waals surface area contributed by atoms with Crippen LogP contribution in [0, 0.1) is 0 Å². The summed E-state index contributed by atoms with van der Waals surface area (Å²) in [6, 6.07) is 16.9. The molecule has 0 unspecified atom stereocenters. The predicted octanol–water partition coefficient (Wildman–Crippen LogP) is 5.56. The van der Waals surface area contributed by atoms with Gasteiger partial charge in [-0.05, 0) is 41.2 Å². The van der Waals surface area contributed by atoms with Crippen LogP contribution in [-0.2, 0) is 13.0 Å². The second-order valence-electron chi connectivity index (χ2n) is 8.96. The van der Waals surface area contributed by atoms with E-state index in [-0.39, 0.29) is 0 Å². The summed E-state index contributed by atoms with van der Waals surface area (Å²) in [6.45, 7) is 2.98. The summed E-state index contributed by atoms with van der Waals surface area (Å²) in [5, 5.41) is 19.5. The van der Waals surface area contributed by atoms with Crippen molar-refractivity contribution in [1.29, 1.82) is 0 Å². The lowest BCUT2D eigenvalue weighted by Gasteiger charge is -2.21. The largest absolute Gasteiger partial charge is 0.245 e. The number of unbranched alkanes of at least 4 members (excludes halogenated alkanes) is 1. The number of aromatic nitrogens is 7. The molecule has 2 aromatic carbocycles. The van der Waals surface area contributed by atoms with Crippen LogP contribution in [0.4, 0.5) is 0 Å². The van der Waals surface area contributed by atoms with Gasteiger partial charge in [0.05, 0.1) is 6.54 Å². The van der Waals surface area contributed by atoms with Gasteiger partial charge < -0.3 is 0 Å². The maximum absolute atomic E-state index is 5.00. The first-order chi connectivity index (χ1) is 16.3. The Balaban J connectivity index is 1.39. The molecule has 5 rings (SSSR count). The van der Waals surface area contributed by atoms with Crippen molar-refractivity contribution in [3.05, 3.63) is 65.7 Å². The lowest BCUT2D eigenvalue weighted by molar-refractivity contribution is 0.412. The Morgan fingerprint density at radius 1 is 0.970 bits per heavy atom. The lowest BCUT2D eigenvalue weighted by atomic mass is 9.88. The Kier molecular flexibility index (Phi) is 6.56. The molecular weight excluding hydrogens is 410 g/mol. The first-order valence-corrected chi connectivity index (χ1v) is 12.2. The summed E-state index contributed by atoms with van der Waals surface area (Å²) in [7, 11) is 0. The summed E-state index contributed by atoms with van der Waals surface area (Å²) in [6.07, 6.45) is 9.69.